The Morgan fingerprint density at radius 2 is 2.09 bits per heavy atom. The molecule has 0 saturated heterocycles. The van der Waals surface area contributed by atoms with E-state index in [-0.39, 0.29) is 12.6 Å². The molecule has 5 rings (SSSR count). The largest absolute Gasteiger partial charge is 0.465 e. The molecule has 1 aliphatic carbocycles. The highest BCUT2D eigenvalue weighted by Crippen LogP contribution is 2.38. The summed E-state index contributed by atoms with van der Waals surface area (Å²) in [5.74, 6) is -0.854. The summed E-state index contributed by atoms with van der Waals surface area (Å²) >= 11 is 0. The van der Waals surface area contributed by atoms with E-state index in [1.165, 1.54) is 23.4 Å². The molecule has 0 bridgehead atoms. The smallest absolute Gasteiger partial charge is 0.407 e. The maximum absolute atomic E-state index is 15.0. The molecule has 3 N–H and O–H groups in total. The van der Waals surface area contributed by atoms with E-state index in [1.807, 2.05) is 6.92 Å². The summed E-state index contributed by atoms with van der Waals surface area (Å²) in [4.78, 5) is 24.0. The van der Waals surface area contributed by atoms with Gasteiger partial charge in [-0.2, -0.15) is 0 Å². The number of carboxylic acid groups (broad SMARTS) is 1. The summed E-state index contributed by atoms with van der Waals surface area (Å²) in [7, 11) is -4.02. The molecular formula is C21H22FN5O4S. The predicted octanol–water partition coefficient (Wildman–Crippen LogP) is 3.24. The van der Waals surface area contributed by atoms with Gasteiger partial charge < -0.3 is 15.0 Å². The Hall–Kier alpha value is -3.05. The molecule has 0 spiro atoms. The number of hydrogen-bond donors (Lipinski definition) is 3. The maximum Gasteiger partial charge on any atom is 0.407 e. The molecule has 3 heterocycles. The number of nitrogens with one attached hydrogen (secondary N) is 2. The molecule has 1 aromatic carbocycles. The van der Waals surface area contributed by atoms with Gasteiger partial charge >= 0.3 is 6.09 Å². The zero-order valence-corrected chi connectivity index (χ0v) is 18.3. The number of halogens is 1. The molecular weight excluding hydrogens is 437 g/mol. The van der Waals surface area contributed by atoms with Crippen LogP contribution in [0.5, 0.6) is 0 Å². The second-order valence-corrected chi connectivity index (χ2v) is 10.4. The van der Waals surface area contributed by atoms with Gasteiger partial charge in [0.2, 0.25) is 10.0 Å². The van der Waals surface area contributed by atoms with Crippen LogP contribution in [0.15, 0.2) is 29.4 Å². The third-order valence-electron chi connectivity index (χ3n) is 6.24. The first kappa shape index (κ1) is 20.8. The van der Waals surface area contributed by atoms with Gasteiger partial charge in [0.1, 0.15) is 22.7 Å². The fraction of sp³-hybridized carbons (Fsp3) is 0.381. The third-order valence-corrected chi connectivity index (χ3v) is 7.90. The summed E-state index contributed by atoms with van der Waals surface area (Å²) in [5, 5.41) is 10.4. The van der Waals surface area contributed by atoms with Gasteiger partial charge in [-0.25, -0.2) is 32.3 Å². The molecule has 9 nitrogen and oxygen atoms in total. The second kappa shape index (κ2) is 6.97. The van der Waals surface area contributed by atoms with E-state index in [1.54, 1.807) is 13.0 Å². The van der Waals surface area contributed by atoms with Crippen LogP contribution in [0.4, 0.5) is 9.18 Å². The van der Waals surface area contributed by atoms with E-state index in [0.717, 1.165) is 5.57 Å². The Labute approximate surface area is 183 Å². The van der Waals surface area contributed by atoms with E-state index in [2.05, 4.69) is 19.7 Å². The number of carbonyl (C=O) groups is 1. The number of nitrogens with zero attached hydrogens (tertiary/aromatic N) is 3. The monoisotopic (exact) mass is 459 g/mol. The van der Waals surface area contributed by atoms with Crippen molar-refractivity contribution in [3.63, 3.8) is 0 Å². The van der Waals surface area contributed by atoms with Crippen molar-refractivity contribution in [2.45, 2.75) is 49.6 Å². The SMILES string of the molecule is CC1CC(c2ncnc3[nH]c4cc(S(=O)(=O)NC5(C)CC5)c(F)cc4c23)=CCN1C(=O)O. The molecule has 2 aromatic heterocycles. The predicted molar refractivity (Wildman–Crippen MR) is 116 cm³/mol. The van der Waals surface area contributed by atoms with Gasteiger partial charge in [-0.3, -0.25) is 0 Å². The van der Waals surface area contributed by atoms with Crippen molar-refractivity contribution in [3.05, 3.63) is 36.0 Å². The van der Waals surface area contributed by atoms with Crippen LogP contribution in [0, 0.1) is 5.82 Å². The first-order valence-corrected chi connectivity index (χ1v) is 11.8. The number of hydrogen-bond acceptors (Lipinski definition) is 5. The summed E-state index contributed by atoms with van der Waals surface area (Å²) < 4.78 is 43.1. The van der Waals surface area contributed by atoms with Crippen LogP contribution in [-0.2, 0) is 10.0 Å². The fourth-order valence-electron chi connectivity index (χ4n) is 4.21. The minimum Gasteiger partial charge on any atom is -0.465 e. The number of aromatic amines is 1. The van der Waals surface area contributed by atoms with Crippen molar-refractivity contribution in [3.8, 4) is 0 Å². The highest BCUT2D eigenvalue weighted by molar-refractivity contribution is 7.89. The van der Waals surface area contributed by atoms with Crippen molar-refractivity contribution in [2.24, 2.45) is 0 Å². The quantitative estimate of drug-likeness (QED) is 0.550. The van der Waals surface area contributed by atoms with E-state index in [0.29, 0.717) is 46.9 Å². The lowest BCUT2D eigenvalue weighted by Crippen LogP contribution is -2.40. The molecule has 3 aromatic rings. The molecule has 2 aliphatic rings. The van der Waals surface area contributed by atoms with E-state index >= 15 is 4.39 Å². The van der Waals surface area contributed by atoms with Crippen LogP contribution < -0.4 is 4.72 Å². The summed E-state index contributed by atoms with van der Waals surface area (Å²) in [6.45, 7) is 3.83. The zero-order valence-electron chi connectivity index (χ0n) is 17.5. The molecule has 1 aliphatic heterocycles. The number of benzene rings is 1. The van der Waals surface area contributed by atoms with Gasteiger partial charge in [-0.15, -0.1) is 0 Å². The summed E-state index contributed by atoms with van der Waals surface area (Å²) in [5.41, 5.74) is 1.78. The molecule has 0 radical (unpaired) electrons. The van der Waals surface area contributed by atoms with Gasteiger partial charge in [0, 0.05) is 29.0 Å². The van der Waals surface area contributed by atoms with Gasteiger partial charge in [0.05, 0.1) is 11.1 Å². The van der Waals surface area contributed by atoms with Crippen LogP contribution in [-0.4, -0.2) is 57.6 Å². The fourth-order valence-corrected chi connectivity index (χ4v) is 5.76. The Morgan fingerprint density at radius 3 is 2.75 bits per heavy atom. The van der Waals surface area contributed by atoms with Crippen LogP contribution in [0.1, 0.15) is 38.8 Å². The third kappa shape index (κ3) is 3.41. The highest BCUT2D eigenvalue weighted by Gasteiger charge is 2.42. The molecule has 32 heavy (non-hydrogen) atoms. The lowest BCUT2D eigenvalue weighted by Gasteiger charge is -2.30. The number of H-pyrrole nitrogens is 1. The number of fused-ring (bicyclic) bond motifs is 3. The molecule has 1 atom stereocenters. The van der Waals surface area contributed by atoms with Gasteiger partial charge in [0.15, 0.2) is 0 Å². The highest BCUT2D eigenvalue weighted by atomic mass is 32.2. The number of sulfonamides is 1. The van der Waals surface area contributed by atoms with Crippen molar-refractivity contribution in [1.82, 2.24) is 24.6 Å². The molecule has 1 amide bonds. The van der Waals surface area contributed by atoms with Crippen molar-refractivity contribution < 1.29 is 22.7 Å². The first-order valence-electron chi connectivity index (χ1n) is 10.3. The lowest BCUT2D eigenvalue weighted by molar-refractivity contribution is 0.133. The molecule has 1 unspecified atom stereocenters. The minimum atomic E-state index is -4.02. The Morgan fingerprint density at radius 1 is 1.34 bits per heavy atom. The first-order chi connectivity index (χ1) is 15.1. The Balaban J connectivity index is 1.63. The molecule has 11 heteroatoms. The standard InChI is InChI=1S/C21H22FN5O4S/c1-11-7-12(3-6-27(11)20(28)29)18-17-13-8-14(22)16(32(30,31)26-21(2)4-5-21)9-15(13)25-19(17)24-10-23-18/h3,8-11,26H,4-7H2,1-2H3,(H,28,29)(H,23,24,25). The van der Waals surface area contributed by atoms with E-state index in [4.69, 9.17) is 0 Å². The average Bonchev–Trinajstić information content (AvgIpc) is 3.31. The normalized spacial score (nSPS) is 20.5. The van der Waals surface area contributed by atoms with Crippen molar-refractivity contribution >= 4 is 43.6 Å². The topological polar surface area (TPSA) is 128 Å². The molecule has 1 fully saturated rings. The molecule has 1 saturated carbocycles. The van der Waals surface area contributed by atoms with Crippen LogP contribution in [0.3, 0.4) is 0 Å². The van der Waals surface area contributed by atoms with Crippen LogP contribution in [0.25, 0.3) is 27.5 Å². The number of rotatable bonds is 4. The van der Waals surface area contributed by atoms with Gasteiger partial charge in [-0.05, 0) is 50.8 Å². The Kier molecular flexibility index (Phi) is 4.54. The Bertz CT molecular complexity index is 1410. The van der Waals surface area contributed by atoms with Crippen molar-refractivity contribution in [2.75, 3.05) is 6.54 Å². The van der Waals surface area contributed by atoms with Crippen LogP contribution >= 0.6 is 0 Å². The van der Waals surface area contributed by atoms with E-state index in [9.17, 15) is 18.3 Å². The van der Waals surface area contributed by atoms with Crippen LogP contribution in [0.2, 0.25) is 0 Å². The summed E-state index contributed by atoms with van der Waals surface area (Å²) in [6, 6.07) is 2.24. The average molecular weight is 460 g/mol. The lowest BCUT2D eigenvalue weighted by atomic mass is 9.96. The summed E-state index contributed by atoms with van der Waals surface area (Å²) in [6.07, 6.45) is 4.07. The number of aromatic nitrogens is 3. The second-order valence-electron chi connectivity index (χ2n) is 8.78. The maximum atomic E-state index is 15.0. The van der Waals surface area contributed by atoms with Gasteiger partial charge in [-0.1, -0.05) is 6.08 Å². The molecule has 168 valence electrons. The van der Waals surface area contributed by atoms with Gasteiger partial charge in [0.25, 0.3) is 0 Å². The zero-order chi connectivity index (χ0) is 22.8. The van der Waals surface area contributed by atoms with Crippen molar-refractivity contribution in [1.29, 1.82) is 0 Å². The number of amides is 1. The van der Waals surface area contributed by atoms with E-state index < -0.39 is 32.4 Å². The minimum absolute atomic E-state index is 0.223.